The largest absolute Gasteiger partial charge is 0.352 e. The maximum absolute atomic E-state index is 14.4. The van der Waals surface area contributed by atoms with Crippen molar-refractivity contribution in [1.82, 2.24) is 0 Å². The summed E-state index contributed by atoms with van der Waals surface area (Å²) < 4.78 is 0. The van der Waals surface area contributed by atoms with E-state index in [1.165, 1.54) is 0 Å². The third-order valence-corrected chi connectivity index (χ3v) is 8.20. The molecule has 0 aromatic heterocycles. The van der Waals surface area contributed by atoms with Gasteiger partial charge < -0.3 is 4.90 Å². The SMILES string of the molecule is CC(C)(C)C(=O)[C@@H]1[C@@H](c2ccc(Cl)cc2)C2(C(=O)c3ccccc3C2=O)[C@H]2C=Cc3ccccc3N12. The van der Waals surface area contributed by atoms with Crippen molar-refractivity contribution in [2.45, 2.75) is 38.8 Å². The number of para-hydroxylation sites is 1. The molecule has 180 valence electrons. The molecular formula is C31H26ClNO3. The Morgan fingerprint density at radius 2 is 1.44 bits per heavy atom. The first-order valence-corrected chi connectivity index (χ1v) is 12.6. The van der Waals surface area contributed by atoms with Crippen molar-refractivity contribution in [3.05, 3.63) is 106 Å². The standard InChI is InChI=1S/C31H26ClNO3/c1-30(2,3)29(36)26-25(19-12-15-20(32)16-13-19)31(27(34)21-9-5-6-10-22(21)28(31)35)24-17-14-18-8-4-7-11-23(18)33(24)26/h4-17,24-26H,1-3H3/t24-,25-,26+/m1/s1. The highest BCUT2D eigenvalue weighted by molar-refractivity contribution is 6.32. The molecule has 36 heavy (non-hydrogen) atoms. The molecule has 5 heteroatoms. The van der Waals surface area contributed by atoms with Gasteiger partial charge in [0.1, 0.15) is 5.41 Å². The van der Waals surface area contributed by atoms with Crippen molar-refractivity contribution in [3.63, 3.8) is 0 Å². The lowest BCUT2D eigenvalue weighted by Crippen LogP contribution is -2.49. The summed E-state index contributed by atoms with van der Waals surface area (Å²) >= 11 is 6.24. The van der Waals surface area contributed by atoms with Crippen LogP contribution in [-0.4, -0.2) is 29.4 Å². The van der Waals surface area contributed by atoms with Crippen LogP contribution < -0.4 is 4.90 Å². The molecule has 1 fully saturated rings. The number of hydrogen-bond acceptors (Lipinski definition) is 4. The Balaban J connectivity index is 1.70. The first-order valence-electron chi connectivity index (χ1n) is 12.2. The van der Waals surface area contributed by atoms with E-state index in [4.69, 9.17) is 11.6 Å². The second kappa shape index (κ2) is 7.75. The fourth-order valence-corrected chi connectivity index (χ4v) is 6.53. The Bertz CT molecular complexity index is 1430. The lowest BCUT2D eigenvalue weighted by atomic mass is 9.63. The van der Waals surface area contributed by atoms with E-state index in [2.05, 4.69) is 0 Å². The molecule has 3 atom stereocenters. The zero-order valence-corrected chi connectivity index (χ0v) is 21.1. The Morgan fingerprint density at radius 1 is 0.861 bits per heavy atom. The van der Waals surface area contributed by atoms with Crippen molar-refractivity contribution in [1.29, 1.82) is 0 Å². The van der Waals surface area contributed by atoms with E-state index in [0.29, 0.717) is 16.1 Å². The molecule has 3 aliphatic rings. The van der Waals surface area contributed by atoms with Crippen LogP contribution in [0.5, 0.6) is 0 Å². The molecule has 0 bridgehead atoms. The number of Topliss-reactive ketones (excluding diaryl/α,β-unsaturated/α-hetero) is 3. The van der Waals surface area contributed by atoms with Crippen LogP contribution in [0.2, 0.25) is 5.02 Å². The summed E-state index contributed by atoms with van der Waals surface area (Å²) in [6, 6.07) is 20.8. The number of carbonyl (C=O) groups is 3. The molecule has 6 rings (SSSR count). The molecule has 0 radical (unpaired) electrons. The zero-order chi connectivity index (χ0) is 25.4. The van der Waals surface area contributed by atoms with Gasteiger partial charge in [-0.2, -0.15) is 0 Å². The summed E-state index contributed by atoms with van der Waals surface area (Å²) in [5.74, 6) is -1.13. The summed E-state index contributed by atoms with van der Waals surface area (Å²) in [7, 11) is 0. The number of fused-ring (bicyclic) bond motifs is 5. The number of ketones is 3. The van der Waals surface area contributed by atoms with Gasteiger partial charge in [0.05, 0.1) is 12.1 Å². The molecule has 0 unspecified atom stereocenters. The van der Waals surface area contributed by atoms with Crippen molar-refractivity contribution in [2.24, 2.45) is 10.8 Å². The van der Waals surface area contributed by atoms with Gasteiger partial charge in [0.25, 0.3) is 0 Å². The number of rotatable bonds is 2. The van der Waals surface area contributed by atoms with Gasteiger partial charge in [-0.15, -0.1) is 0 Å². The fraction of sp³-hybridized carbons (Fsp3) is 0.258. The molecular weight excluding hydrogens is 470 g/mol. The van der Waals surface area contributed by atoms with Crippen LogP contribution >= 0.6 is 11.6 Å². The molecule has 3 aromatic rings. The second-order valence-corrected chi connectivity index (χ2v) is 11.4. The van der Waals surface area contributed by atoms with Gasteiger partial charge in [0.2, 0.25) is 0 Å². The van der Waals surface area contributed by atoms with Gasteiger partial charge in [-0.3, -0.25) is 14.4 Å². The molecule has 1 spiro atoms. The van der Waals surface area contributed by atoms with E-state index in [0.717, 1.165) is 16.8 Å². The van der Waals surface area contributed by atoms with Crippen LogP contribution in [0.25, 0.3) is 6.08 Å². The Hall–Kier alpha value is -3.50. The first kappa shape index (κ1) is 22.9. The summed E-state index contributed by atoms with van der Waals surface area (Å²) in [5, 5.41) is 0.555. The van der Waals surface area contributed by atoms with Crippen LogP contribution in [-0.2, 0) is 4.79 Å². The number of benzene rings is 3. The monoisotopic (exact) mass is 495 g/mol. The number of carbonyl (C=O) groups excluding carboxylic acids is 3. The minimum atomic E-state index is -1.47. The Morgan fingerprint density at radius 3 is 2.06 bits per heavy atom. The molecule has 2 heterocycles. The second-order valence-electron chi connectivity index (χ2n) is 10.9. The average Bonchev–Trinajstić information content (AvgIpc) is 3.30. The Labute approximate surface area is 215 Å². The molecule has 0 amide bonds. The van der Waals surface area contributed by atoms with E-state index in [1.807, 2.05) is 74.2 Å². The normalized spacial score (nSPS) is 23.6. The van der Waals surface area contributed by atoms with Crippen molar-refractivity contribution in [2.75, 3.05) is 4.90 Å². The Kier molecular flexibility index (Phi) is 4.94. The predicted octanol–water partition coefficient (Wildman–Crippen LogP) is 6.39. The van der Waals surface area contributed by atoms with Gasteiger partial charge in [-0.25, -0.2) is 0 Å². The van der Waals surface area contributed by atoms with Gasteiger partial charge in [0, 0.05) is 33.2 Å². The van der Waals surface area contributed by atoms with Crippen molar-refractivity contribution < 1.29 is 14.4 Å². The summed E-state index contributed by atoms with van der Waals surface area (Å²) in [6.45, 7) is 5.69. The molecule has 1 saturated heterocycles. The summed E-state index contributed by atoms with van der Waals surface area (Å²) in [4.78, 5) is 45.2. The van der Waals surface area contributed by atoms with E-state index in [1.54, 1.807) is 36.4 Å². The number of anilines is 1. The topological polar surface area (TPSA) is 54.5 Å². The lowest BCUT2D eigenvalue weighted by Gasteiger charge is -2.38. The highest BCUT2D eigenvalue weighted by Gasteiger charge is 2.71. The van der Waals surface area contributed by atoms with E-state index in [9.17, 15) is 14.4 Å². The maximum Gasteiger partial charge on any atom is 0.180 e. The summed E-state index contributed by atoms with van der Waals surface area (Å²) in [6.07, 6.45) is 3.92. The number of nitrogens with zero attached hydrogens (tertiary/aromatic N) is 1. The van der Waals surface area contributed by atoms with E-state index >= 15 is 0 Å². The quantitative estimate of drug-likeness (QED) is 0.386. The molecule has 4 nitrogen and oxygen atoms in total. The van der Waals surface area contributed by atoms with Crippen LogP contribution in [0.15, 0.2) is 78.9 Å². The van der Waals surface area contributed by atoms with Crippen molar-refractivity contribution >= 4 is 40.7 Å². The highest BCUT2D eigenvalue weighted by atomic mass is 35.5. The van der Waals surface area contributed by atoms with Crippen LogP contribution in [0.4, 0.5) is 5.69 Å². The number of hydrogen-bond donors (Lipinski definition) is 0. The molecule has 3 aromatic carbocycles. The number of halogens is 1. The fourth-order valence-electron chi connectivity index (χ4n) is 6.40. The smallest absolute Gasteiger partial charge is 0.180 e. The lowest BCUT2D eigenvalue weighted by molar-refractivity contribution is -0.127. The zero-order valence-electron chi connectivity index (χ0n) is 20.4. The van der Waals surface area contributed by atoms with Crippen molar-refractivity contribution in [3.8, 4) is 0 Å². The maximum atomic E-state index is 14.4. The first-order chi connectivity index (χ1) is 17.2. The predicted molar refractivity (Wildman–Crippen MR) is 142 cm³/mol. The minimum Gasteiger partial charge on any atom is -0.352 e. The van der Waals surface area contributed by atoms with Gasteiger partial charge in [0.15, 0.2) is 17.3 Å². The van der Waals surface area contributed by atoms with Crippen LogP contribution in [0.1, 0.15) is 58.5 Å². The average molecular weight is 496 g/mol. The third-order valence-electron chi connectivity index (χ3n) is 7.95. The highest BCUT2D eigenvalue weighted by Crippen LogP contribution is 2.61. The third kappa shape index (κ3) is 2.91. The van der Waals surface area contributed by atoms with Crippen LogP contribution in [0, 0.1) is 10.8 Å². The van der Waals surface area contributed by atoms with Gasteiger partial charge >= 0.3 is 0 Å². The van der Waals surface area contributed by atoms with Crippen LogP contribution in [0.3, 0.4) is 0 Å². The van der Waals surface area contributed by atoms with E-state index in [-0.39, 0.29) is 17.3 Å². The van der Waals surface area contributed by atoms with E-state index < -0.39 is 28.8 Å². The minimum absolute atomic E-state index is 0.00835. The van der Waals surface area contributed by atoms with Gasteiger partial charge in [-0.1, -0.05) is 99.1 Å². The van der Waals surface area contributed by atoms with Gasteiger partial charge in [-0.05, 0) is 29.3 Å². The molecule has 1 aliphatic carbocycles. The molecule has 0 N–H and O–H groups in total. The summed E-state index contributed by atoms with van der Waals surface area (Å²) in [5.41, 5.74) is 1.28. The molecule has 0 saturated carbocycles. The molecule has 2 aliphatic heterocycles.